The van der Waals surface area contributed by atoms with Crippen LogP contribution >= 0.6 is 11.6 Å². The smallest absolute Gasteiger partial charge is 0.134 e. The van der Waals surface area contributed by atoms with Gasteiger partial charge in [0.2, 0.25) is 0 Å². The molecule has 1 N–H and O–H groups in total. The minimum Gasteiger partial charge on any atom is -0.314 e. The average Bonchev–Trinajstić information content (AvgIpc) is 3.37. The van der Waals surface area contributed by atoms with Crippen LogP contribution in [-0.4, -0.2) is 36.1 Å². The predicted octanol–water partition coefficient (Wildman–Crippen LogP) is 3.63. The Morgan fingerprint density at radius 1 is 1.23 bits per heavy atom. The molecule has 0 amide bonds. The number of hydrogen-bond acceptors (Lipinski definition) is 3. The standard InChI is InChI=1S/C18H22ClN3/c19-18-15(12-14-3-1-2-4-16(14)21-18)17(11-13-5-6-13)22-9-7-20-8-10-22/h1-4,12-13,17,20H,5-11H2/t17-/m0/s1. The summed E-state index contributed by atoms with van der Waals surface area (Å²) in [6.45, 7) is 4.33. The van der Waals surface area contributed by atoms with Crippen molar-refractivity contribution in [2.45, 2.75) is 25.3 Å². The first-order valence-electron chi connectivity index (χ1n) is 8.31. The largest absolute Gasteiger partial charge is 0.314 e. The van der Waals surface area contributed by atoms with Crippen molar-refractivity contribution in [2.75, 3.05) is 26.2 Å². The zero-order valence-corrected chi connectivity index (χ0v) is 13.5. The molecule has 1 atom stereocenters. The fourth-order valence-electron chi connectivity index (χ4n) is 3.48. The second-order valence-corrected chi connectivity index (χ2v) is 6.90. The van der Waals surface area contributed by atoms with E-state index in [1.807, 2.05) is 12.1 Å². The summed E-state index contributed by atoms with van der Waals surface area (Å²) in [6, 6.07) is 10.9. The molecule has 2 fully saturated rings. The molecular formula is C18H22ClN3. The molecule has 1 aromatic heterocycles. The van der Waals surface area contributed by atoms with E-state index < -0.39 is 0 Å². The van der Waals surface area contributed by atoms with Crippen molar-refractivity contribution >= 4 is 22.5 Å². The molecule has 2 aromatic rings. The molecule has 1 aliphatic carbocycles. The van der Waals surface area contributed by atoms with E-state index in [1.165, 1.54) is 30.2 Å². The van der Waals surface area contributed by atoms with E-state index in [2.05, 4.69) is 33.4 Å². The van der Waals surface area contributed by atoms with Gasteiger partial charge in [0.25, 0.3) is 0 Å². The summed E-state index contributed by atoms with van der Waals surface area (Å²) in [5.74, 6) is 0.877. The summed E-state index contributed by atoms with van der Waals surface area (Å²) in [4.78, 5) is 7.23. The average molecular weight is 316 g/mol. The van der Waals surface area contributed by atoms with Crippen molar-refractivity contribution in [1.82, 2.24) is 15.2 Å². The number of piperazine rings is 1. The number of benzene rings is 1. The third-order valence-electron chi connectivity index (χ3n) is 4.91. The topological polar surface area (TPSA) is 28.2 Å². The van der Waals surface area contributed by atoms with Crippen molar-refractivity contribution in [3.8, 4) is 0 Å². The summed E-state index contributed by atoms with van der Waals surface area (Å²) >= 11 is 6.57. The van der Waals surface area contributed by atoms with Crippen LogP contribution in [0.3, 0.4) is 0 Å². The first-order chi connectivity index (χ1) is 10.8. The molecule has 1 aliphatic heterocycles. The van der Waals surface area contributed by atoms with Gasteiger partial charge in [-0.2, -0.15) is 0 Å². The lowest BCUT2D eigenvalue weighted by molar-refractivity contribution is 0.160. The maximum Gasteiger partial charge on any atom is 0.134 e. The van der Waals surface area contributed by atoms with Crippen molar-refractivity contribution < 1.29 is 0 Å². The van der Waals surface area contributed by atoms with E-state index in [9.17, 15) is 0 Å². The Hall–Kier alpha value is -1.16. The van der Waals surface area contributed by atoms with Crippen LogP contribution in [-0.2, 0) is 0 Å². The van der Waals surface area contributed by atoms with Crippen LogP contribution < -0.4 is 5.32 Å². The van der Waals surface area contributed by atoms with Crippen molar-refractivity contribution in [2.24, 2.45) is 5.92 Å². The van der Waals surface area contributed by atoms with Gasteiger partial charge in [-0.15, -0.1) is 0 Å². The van der Waals surface area contributed by atoms with Gasteiger partial charge in [0.15, 0.2) is 0 Å². The van der Waals surface area contributed by atoms with Gasteiger partial charge in [0, 0.05) is 43.2 Å². The van der Waals surface area contributed by atoms with Crippen molar-refractivity contribution in [3.05, 3.63) is 41.0 Å². The number of pyridine rings is 1. The van der Waals surface area contributed by atoms with Crippen LogP contribution in [0.25, 0.3) is 10.9 Å². The van der Waals surface area contributed by atoms with Gasteiger partial charge in [0.1, 0.15) is 5.15 Å². The van der Waals surface area contributed by atoms with Gasteiger partial charge >= 0.3 is 0 Å². The lowest BCUT2D eigenvalue weighted by Gasteiger charge is -2.35. The minimum absolute atomic E-state index is 0.416. The Morgan fingerprint density at radius 2 is 2.00 bits per heavy atom. The Balaban J connectivity index is 1.71. The molecule has 0 unspecified atom stereocenters. The quantitative estimate of drug-likeness (QED) is 0.873. The summed E-state index contributed by atoms with van der Waals surface area (Å²) in [6.07, 6.45) is 3.97. The third kappa shape index (κ3) is 2.98. The maximum absolute atomic E-state index is 6.57. The number of aromatic nitrogens is 1. The SMILES string of the molecule is Clc1nc2ccccc2cc1[C@H](CC1CC1)N1CCNCC1. The molecular weight excluding hydrogens is 294 g/mol. The van der Waals surface area contributed by atoms with E-state index in [0.29, 0.717) is 11.2 Å². The fraction of sp³-hybridized carbons (Fsp3) is 0.500. The molecule has 4 rings (SSSR count). The normalized spacial score (nSPS) is 21.1. The molecule has 4 heteroatoms. The van der Waals surface area contributed by atoms with E-state index >= 15 is 0 Å². The van der Waals surface area contributed by atoms with E-state index in [-0.39, 0.29) is 0 Å². The number of nitrogens with one attached hydrogen (secondary N) is 1. The van der Waals surface area contributed by atoms with Crippen LogP contribution in [0.2, 0.25) is 5.15 Å². The summed E-state index contributed by atoms with van der Waals surface area (Å²) in [5, 5.41) is 5.32. The van der Waals surface area contributed by atoms with Gasteiger partial charge < -0.3 is 5.32 Å². The molecule has 3 nitrogen and oxygen atoms in total. The molecule has 0 radical (unpaired) electrons. The molecule has 0 spiro atoms. The van der Waals surface area contributed by atoms with Gasteiger partial charge in [-0.05, 0) is 24.5 Å². The maximum atomic E-state index is 6.57. The number of nitrogens with zero attached hydrogens (tertiary/aromatic N) is 2. The fourth-order valence-corrected chi connectivity index (χ4v) is 3.75. The molecule has 1 saturated carbocycles. The number of halogens is 1. The van der Waals surface area contributed by atoms with Gasteiger partial charge in [0.05, 0.1) is 5.52 Å². The van der Waals surface area contributed by atoms with Crippen LogP contribution in [0, 0.1) is 5.92 Å². The van der Waals surface area contributed by atoms with E-state index in [0.717, 1.165) is 37.6 Å². The highest BCUT2D eigenvalue weighted by Crippen LogP contribution is 2.42. The summed E-state index contributed by atoms with van der Waals surface area (Å²) in [5.41, 5.74) is 2.20. The molecule has 1 aromatic carbocycles. The van der Waals surface area contributed by atoms with E-state index in [4.69, 9.17) is 11.6 Å². The van der Waals surface area contributed by atoms with Crippen molar-refractivity contribution in [3.63, 3.8) is 0 Å². The zero-order valence-electron chi connectivity index (χ0n) is 12.8. The molecule has 2 heterocycles. The number of hydrogen-bond donors (Lipinski definition) is 1. The first kappa shape index (κ1) is 14.4. The molecule has 116 valence electrons. The second-order valence-electron chi connectivity index (χ2n) is 6.54. The van der Waals surface area contributed by atoms with Crippen LogP contribution in [0.4, 0.5) is 0 Å². The van der Waals surface area contributed by atoms with Gasteiger partial charge in [-0.25, -0.2) is 4.98 Å². The Kier molecular flexibility index (Phi) is 4.03. The Bertz CT molecular complexity index is 662. The summed E-state index contributed by atoms with van der Waals surface area (Å²) in [7, 11) is 0. The van der Waals surface area contributed by atoms with Crippen molar-refractivity contribution in [1.29, 1.82) is 0 Å². The lowest BCUT2D eigenvalue weighted by atomic mass is 9.98. The molecule has 0 bridgehead atoms. The number of fused-ring (bicyclic) bond motifs is 1. The lowest BCUT2D eigenvalue weighted by Crippen LogP contribution is -2.45. The van der Waals surface area contributed by atoms with Gasteiger partial charge in [-0.3, -0.25) is 4.90 Å². The zero-order chi connectivity index (χ0) is 14.9. The third-order valence-corrected chi connectivity index (χ3v) is 5.21. The number of para-hydroxylation sites is 1. The summed E-state index contributed by atoms with van der Waals surface area (Å²) < 4.78 is 0. The highest BCUT2D eigenvalue weighted by molar-refractivity contribution is 6.30. The van der Waals surface area contributed by atoms with E-state index in [1.54, 1.807) is 0 Å². The Morgan fingerprint density at radius 3 is 2.77 bits per heavy atom. The van der Waals surface area contributed by atoms with Crippen LogP contribution in [0.1, 0.15) is 30.9 Å². The minimum atomic E-state index is 0.416. The Labute approximate surface area is 136 Å². The molecule has 22 heavy (non-hydrogen) atoms. The molecule has 2 aliphatic rings. The monoisotopic (exact) mass is 315 g/mol. The van der Waals surface area contributed by atoms with Crippen LogP contribution in [0.15, 0.2) is 30.3 Å². The van der Waals surface area contributed by atoms with Crippen LogP contribution in [0.5, 0.6) is 0 Å². The molecule has 1 saturated heterocycles. The highest BCUT2D eigenvalue weighted by Gasteiger charge is 2.31. The van der Waals surface area contributed by atoms with Gasteiger partial charge in [-0.1, -0.05) is 42.6 Å². The second kappa shape index (κ2) is 6.15. The predicted molar refractivity (Wildman–Crippen MR) is 91.3 cm³/mol. The highest BCUT2D eigenvalue weighted by atomic mass is 35.5. The number of rotatable bonds is 4. The first-order valence-corrected chi connectivity index (χ1v) is 8.69.